The molecule has 2 rings (SSSR count). The van der Waals surface area contributed by atoms with Crippen molar-refractivity contribution in [2.45, 2.75) is 64.5 Å². The Balaban J connectivity index is 2.19. The minimum absolute atomic E-state index is 0.210. The number of carbonyl (C=O) groups is 1. The molecule has 1 aromatic rings. The number of nitrogens with zero attached hydrogens (tertiary/aromatic N) is 1. The molecule has 19 heavy (non-hydrogen) atoms. The van der Waals surface area contributed by atoms with Gasteiger partial charge >= 0.3 is 0 Å². The summed E-state index contributed by atoms with van der Waals surface area (Å²) in [5, 5.41) is 0. The van der Waals surface area contributed by atoms with Crippen LogP contribution >= 0.6 is 0 Å². The summed E-state index contributed by atoms with van der Waals surface area (Å²) in [5.41, 5.74) is 0.827. The van der Waals surface area contributed by atoms with Crippen molar-refractivity contribution in [3.63, 3.8) is 0 Å². The summed E-state index contributed by atoms with van der Waals surface area (Å²) in [6, 6.07) is 10.5. The molecule has 0 spiro atoms. The van der Waals surface area contributed by atoms with Gasteiger partial charge in [-0.3, -0.25) is 4.79 Å². The molecule has 2 nitrogen and oxygen atoms in total. The maximum atomic E-state index is 12.8. The summed E-state index contributed by atoms with van der Waals surface area (Å²) in [6.45, 7) is 4.34. The minimum atomic E-state index is 0.210. The Kier molecular flexibility index (Phi) is 5.00. The SMILES string of the molecule is CCC(C)N(C(=O)c1ccccc1)C1CCCCC1. The fourth-order valence-electron chi connectivity index (χ4n) is 3.01. The van der Waals surface area contributed by atoms with Crippen molar-refractivity contribution in [3.8, 4) is 0 Å². The molecule has 1 saturated carbocycles. The van der Waals surface area contributed by atoms with Crippen LogP contribution in [0.3, 0.4) is 0 Å². The summed E-state index contributed by atoms with van der Waals surface area (Å²) >= 11 is 0. The van der Waals surface area contributed by atoms with Gasteiger partial charge in [0, 0.05) is 17.6 Å². The number of amides is 1. The van der Waals surface area contributed by atoms with Gasteiger partial charge in [0.2, 0.25) is 0 Å². The van der Waals surface area contributed by atoms with Crippen LogP contribution in [0.4, 0.5) is 0 Å². The third-order valence-electron chi connectivity index (χ3n) is 4.29. The number of hydrogen-bond donors (Lipinski definition) is 0. The highest BCUT2D eigenvalue weighted by atomic mass is 16.2. The van der Waals surface area contributed by atoms with Crippen molar-refractivity contribution in [2.24, 2.45) is 0 Å². The smallest absolute Gasteiger partial charge is 0.254 e. The van der Waals surface area contributed by atoms with Gasteiger partial charge in [-0.05, 0) is 38.3 Å². The first kappa shape index (κ1) is 14.1. The second-order valence-corrected chi connectivity index (χ2v) is 5.63. The number of carbonyl (C=O) groups excluding carboxylic acids is 1. The largest absolute Gasteiger partial charge is 0.333 e. The van der Waals surface area contributed by atoms with E-state index in [0.29, 0.717) is 12.1 Å². The Bertz CT molecular complexity index is 395. The van der Waals surface area contributed by atoms with Crippen LogP contribution in [-0.2, 0) is 0 Å². The molecule has 1 aliphatic rings. The van der Waals surface area contributed by atoms with E-state index in [9.17, 15) is 4.79 Å². The Morgan fingerprint density at radius 3 is 2.42 bits per heavy atom. The lowest BCUT2D eigenvalue weighted by molar-refractivity contribution is 0.0528. The van der Waals surface area contributed by atoms with Crippen LogP contribution in [0.1, 0.15) is 62.7 Å². The van der Waals surface area contributed by atoms with E-state index in [4.69, 9.17) is 0 Å². The predicted molar refractivity (Wildman–Crippen MR) is 79.2 cm³/mol. The van der Waals surface area contributed by atoms with Crippen molar-refractivity contribution in [3.05, 3.63) is 35.9 Å². The average molecular weight is 259 g/mol. The van der Waals surface area contributed by atoms with Crippen molar-refractivity contribution < 1.29 is 4.79 Å². The van der Waals surface area contributed by atoms with Gasteiger partial charge in [0.25, 0.3) is 5.91 Å². The molecule has 0 heterocycles. The van der Waals surface area contributed by atoms with Crippen LogP contribution in [0, 0.1) is 0 Å². The highest BCUT2D eigenvalue weighted by molar-refractivity contribution is 5.94. The topological polar surface area (TPSA) is 20.3 Å². The predicted octanol–water partition coefficient (Wildman–Crippen LogP) is 4.26. The van der Waals surface area contributed by atoms with Gasteiger partial charge in [-0.1, -0.05) is 44.4 Å². The Labute approximate surface area is 116 Å². The zero-order chi connectivity index (χ0) is 13.7. The Morgan fingerprint density at radius 2 is 1.84 bits per heavy atom. The van der Waals surface area contributed by atoms with Crippen molar-refractivity contribution in [1.82, 2.24) is 4.90 Å². The average Bonchev–Trinajstić information content (AvgIpc) is 2.49. The van der Waals surface area contributed by atoms with E-state index >= 15 is 0 Å². The lowest BCUT2D eigenvalue weighted by Crippen LogP contribution is -2.46. The van der Waals surface area contributed by atoms with Gasteiger partial charge in [0.05, 0.1) is 0 Å². The summed E-state index contributed by atoms with van der Waals surface area (Å²) in [7, 11) is 0. The summed E-state index contributed by atoms with van der Waals surface area (Å²) < 4.78 is 0. The summed E-state index contributed by atoms with van der Waals surface area (Å²) in [6.07, 6.45) is 7.21. The molecule has 2 heteroatoms. The van der Waals surface area contributed by atoms with Crippen LogP contribution < -0.4 is 0 Å². The second-order valence-electron chi connectivity index (χ2n) is 5.63. The van der Waals surface area contributed by atoms with E-state index in [1.54, 1.807) is 0 Å². The molecule has 1 amide bonds. The third kappa shape index (κ3) is 3.37. The molecule has 0 aromatic heterocycles. The molecular formula is C17H25NO. The third-order valence-corrected chi connectivity index (χ3v) is 4.29. The molecule has 0 radical (unpaired) electrons. The van der Waals surface area contributed by atoms with Gasteiger partial charge in [0.1, 0.15) is 0 Å². The first-order valence-corrected chi connectivity index (χ1v) is 7.61. The van der Waals surface area contributed by atoms with Crippen LogP contribution in [0.2, 0.25) is 0 Å². The van der Waals surface area contributed by atoms with Crippen molar-refractivity contribution in [1.29, 1.82) is 0 Å². The van der Waals surface area contributed by atoms with E-state index in [-0.39, 0.29) is 5.91 Å². The lowest BCUT2D eigenvalue weighted by Gasteiger charge is -2.38. The fraction of sp³-hybridized carbons (Fsp3) is 0.588. The van der Waals surface area contributed by atoms with Crippen molar-refractivity contribution in [2.75, 3.05) is 0 Å². The Morgan fingerprint density at radius 1 is 1.21 bits per heavy atom. The van der Waals surface area contributed by atoms with Crippen molar-refractivity contribution >= 4 is 5.91 Å². The standard InChI is InChI=1S/C17H25NO/c1-3-14(2)18(16-12-8-5-9-13-16)17(19)15-10-6-4-7-11-15/h4,6-7,10-11,14,16H,3,5,8-9,12-13H2,1-2H3. The minimum Gasteiger partial charge on any atom is -0.333 e. The number of rotatable bonds is 4. The van der Waals surface area contributed by atoms with Crippen LogP contribution in [-0.4, -0.2) is 22.9 Å². The second kappa shape index (κ2) is 6.74. The Hall–Kier alpha value is -1.31. The van der Waals surface area contributed by atoms with Crippen LogP contribution in [0.25, 0.3) is 0 Å². The van der Waals surface area contributed by atoms with Gasteiger partial charge in [-0.15, -0.1) is 0 Å². The zero-order valence-corrected chi connectivity index (χ0v) is 12.1. The van der Waals surface area contributed by atoms with E-state index in [1.165, 1.54) is 32.1 Å². The fourth-order valence-corrected chi connectivity index (χ4v) is 3.01. The zero-order valence-electron chi connectivity index (χ0n) is 12.1. The van der Waals surface area contributed by atoms with Crippen LogP contribution in [0.15, 0.2) is 30.3 Å². The van der Waals surface area contributed by atoms with Gasteiger partial charge in [0.15, 0.2) is 0 Å². The number of benzene rings is 1. The van der Waals surface area contributed by atoms with E-state index in [1.807, 2.05) is 30.3 Å². The van der Waals surface area contributed by atoms with E-state index < -0.39 is 0 Å². The highest BCUT2D eigenvalue weighted by Crippen LogP contribution is 2.26. The molecule has 1 aliphatic carbocycles. The molecule has 0 aliphatic heterocycles. The van der Waals surface area contributed by atoms with Gasteiger partial charge < -0.3 is 4.90 Å². The first-order valence-electron chi connectivity index (χ1n) is 7.61. The molecule has 1 fully saturated rings. The molecule has 1 aromatic carbocycles. The summed E-state index contributed by atoms with van der Waals surface area (Å²) in [5.74, 6) is 0.210. The highest BCUT2D eigenvalue weighted by Gasteiger charge is 2.29. The lowest BCUT2D eigenvalue weighted by atomic mass is 9.92. The maximum absolute atomic E-state index is 12.8. The molecule has 1 unspecified atom stereocenters. The van der Waals surface area contributed by atoms with Gasteiger partial charge in [-0.2, -0.15) is 0 Å². The molecule has 0 N–H and O–H groups in total. The first-order chi connectivity index (χ1) is 9.24. The molecule has 0 saturated heterocycles. The maximum Gasteiger partial charge on any atom is 0.254 e. The quantitative estimate of drug-likeness (QED) is 0.791. The van der Waals surface area contributed by atoms with E-state index in [2.05, 4.69) is 18.7 Å². The van der Waals surface area contributed by atoms with E-state index in [0.717, 1.165) is 12.0 Å². The monoisotopic (exact) mass is 259 g/mol. The van der Waals surface area contributed by atoms with Gasteiger partial charge in [-0.25, -0.2) is 0 Å². The molecule has 0 bridgehead atoms. The molecule has 1 atom stereocenters. The summed E-state index contributed by atoms with van der Waals surface area (Å²) in [4.78, 5) is 14.9. The van der Waals surface area contributed by atoms with Crippen LogP contribution in [0.5, 0.6) is 0 Å². The number of hydrogen-bond acceptors (Lipinski definition) is 1. The normalized spacial score (nSPS) is 18.0. The molecule has 104 valence electrons. The molecular weight excluding hydrogens is 234 g/mol.